The third-order valence-electron chi connectivity index (χ3n) is 5.15. The van der Waals surface area contributed by atoms with Crippen molar-refractivity contribution < 1.29 is 0 Å². The number of rotatable bonds is 4. The van der Waals surface area contributed by atoms with Gasteiger partial charge in [0.15, 0.2) is 5.65 Å². The molecular weight excluding hydrogens is 342 g/mol. The molecule has 1 saturated carbocycles. The number of fused-ring (bicyclic) bond motifs is 1. The number of H-pyrrole nitrogens is 2. The minimum Gasteiger partial charge on any atom is -0.313 e. The standard InChI is InChI=1S/C20H17N5O2/c26-19-16(11-22-20(27)23-19)17-10-15(18-21-6-7-25(18)24-17)14-9-13(14)8-12-4-2-1-3-5-12/h1-7,10-11,13-14H,8-9H2,(H2,22,23,26,27)/t13-,14-/m1/s1. The van der Waals surface area contributed by atoms with E-state index in [0.717, 1.165) is 24.1 Å². The smallest absolute Gasteiger partial charge is 0.313 e. The van der Waals surface area contributed by atoms with E-state index in [-0.39, 0.29) is 0 Å². The number of benzene rings is 1. The van der Waals surface area contributed by atoms with Gasteiger partial charge in [-0.3, -0.25) is 9.78 Å². The van der Waals surface area contributed by atoms with Gasteiger partial charge in [-0.05, 0) is 36.3 Å². The van der Waals surface area contributed by atoms with E-state index in [1.165, 1.54) is 11.8 Å². The van der Waals surface area contributed by atoms with E-state index >= 15 is 0 Å². The van der Waals surface area contributed by atoms with Crippen molar-refractivity contribution in [3.63, 3.8) is 0 Å². The molecule has 134 valence electrons. The number of aromatic nitrogens is 5. The Kier molecular flexibility index (Phi) is 3.53. The second kappa shape index (κ2) is 6.05. The highest BCUT2D eigenvalue weighted by atomic mass is 16.2. The highest BCUT2D eigenvalue weighted by molar-refractivity contribution is 5.63. The van der Waals surface area contributed by atoms with Crippen LogP contribution in [0.1, 0.15) is 23.5 Å². The second-order valence-electron chi connectivity index (χ2n) is 6.96. The van der Waals surface area contributed by atoms with Crippen LogP contribution in [0.2, 0.25) is 0 Å². The molecule has 1 aliphatic carbocycles. The highest BCUT2D eigenvalue weighted by Gasteiger charge is 2.40. The topological polar surface area (TPSA) is 95.9 Å². The van der Waals surface area contributed by atoms with Crippen LogP contribution in [-0.2, 0) is 6.42 Å². The van der Waals surface area contributed by atoms with Crippen LogP contribution in [0.15, 0.2) is 64.6 Å². The van der Waals surface area contributed by atoms with Gasteiger partial charge >= 0.3 is 5.69 Å². The van der Waals surface area contributed by atoms with Gasteiger partial charge < -0.3 is 4.98 Å². The number of imidazole rings is 1. The first-order valence-electron chi connectivity index (χ1n) is 8.89. The fourth-order valence-electron chi connectivity index (χ4n) is 3.72. The van der Waals surface area contributed by atoms with Gasteiger partial charge in [0.1, 0.15) is 0 Å². The van der Waals surface area contributed by atoms with Crippen molar-refractivity contribution in [2.45, 2.75) is 18.8 Å². The monoisotopic (exact) mass is 359 g/mol. The predicted octanol–water partition coefficient (Wildman–Crippen LogP) is 2.12. The van der Waals surface area contributed by atoms with E-state index in [2.05, 4.69) is 44.3 Å². The summed E-state index contributed by atoms with van der Waals surface area (Å²) >= 11 is 0. The summed E-state index contributed by atoms with van der Waals surface area (Å²) in [5.74, 6) is 0.940. The Morgan fingerprint density at radius 1 is 1.19 bits per heavy atom. The van der Waals surface area contributed by atoms with Gasteiger partial charge in [-0.2, -0.15) is 5.10 Å². The first kappa shape index (κ1) is 15.7. The molecule has 5 rings (SSSR count). The summed E-state index contributed by atoms with van der Waals surface area (Å²) in [5, 5.41) is 4.49. The van der Waals surface area contributed by atoms with E-state index in [1.54, 1.807) is 16.9 Å². The zero-order chi connectivity index (χ0) is 18.4. The van der Waals surface area contributed by atoms with E-state index < -0.39 is 11.2 Å². The molecule has 2 atom stereocenters. The summed E-state index contributed by atoms with van der Waals surface area (Å²) in [6, 6.07) is 12.4. The third kappa shape index (κ3) is 2.87. The average molecular weight is 359 g/mol. The molecule has 27 heavy (non-hydrogen) atoms. The lowest BCUT2D eigenvalue weighted by atomic mass is 10.0. The Balaban J connectivity index is 1.54. The van der Waals surface area contributed by atoms with Gasteiger partial charge in [-0.25, -0.2) is 14.3 Å². The zero-order valence-electron chi connectivity index (χ0n) is 14.4. The molecule has 7 nitrogen and oxygen atoms in total. The van der Waals surface area contributed by atoms with E-state index in [0.29, 0.717) is 23.1 Å². The number of nitrogens with one attached hydrogen (secondary N) is 2. The molecule has 0 spiro atoms. The van der Waals surface area contributed by atoms with Crippen LogP contribution in [0.3, 0.4) is 0 Å². The first-order chi connectivity index (χ1) is 13.2. The fourth-order valence-corrected chi connectivity index (χ4v) is 3.72. The maximum Gasteiger partial charge on any atom is 0.325 e. The molecule has 1 aromatic carbocycles. The summed E-state index contributed by atoms with van der Waals surface area (Å²) < 4.78 is 1.70. The summed E-state index contributed by atoms with van der Waals surface area (Å²) in [5.41, 5.74) is 3.13. The van der Waals surface area contributed by atoms with Crippen molar-refractivity contribution in [1.29, 1.82) is 0 Å². The maximum absolute atomic E-state index is 12.2. The van der Waals surface area contributed by atoms with E-state index in [9.17, 15) is 9.59 Å². The summed E-state index contributed by atoms with van der Waals surface area (Å²) in [4.78, 5) is 32.7. The second-order valence-corrected chi connectivity index (χ2v) is 6.96. The Hall–Kier alpha value is -3.48. The van der Waals surface area contributed by atoms with Crippen molar-refractivity contribution in [1.82, 2.24) is 24.6 Å². The molecular formula is C20H17N5O2. The molecule has 3 aromatic heterocycles. The molecule has 1 fully saturated rings. The van der Waals surface area contributed by atoms with Crippen LogP contribution in [0.4, 0.5) is 0 Å². The fraction of sp³-hybridized carbons (Fsp3) is 0.200. The van der Waals surface area contributed by atoms with Crippen LogP contribution in [0, 0.1) is 5.92 Å². The predicted molar refractivity (Wildman–Crippen MR) is 101 cm³/mol. The van der Waals surface area contributed by atoms with Crippen molar-refractivity contribution in [2.24, 2.45) is 5.92 Å². The third-order valence-corrected chi connectivity index (χ3v) is 5.15. The normalized spacial score (nSPS) is 18.7. The summed E-state index contributed by atoms with van der Waals surface area (Å²) in [6.07, 6.45) is 7.00. The van der Waals surface area contributed by atoms with Crippen molar-refractivity contribution in [2.75, 3.05) is 0 Å². The van der Waals surface area contributed by atoms with Gasteiger partial charge in [0.05, 0.1) is 11.3 Å². The van der Waals surface area contributed by atoms with Crippen molar-refractivity contribution in [3.05, 3.63) is 87.0 Å². The molecule has 0 amide bonds. The van der Waals surface area contributed by atoms with Crippen LogP contribution >= 0.6 is 0 Å². The number of aromatic amines is 2. The minimum atomic E-state index is -0.530. The lowest BCUT2D eigenvalue weighted by Crippen LogP contribution is -2.23. The number of nitrogens with zero attached hydrogens (tertiary/aromatic N) is 3. The van der Waals surface area contributed by atoms with Crippen LogP contribution in [0.5, 0.6) is 0 Å². The van der Waals surface area contributed by atoms with E-state index in [4.69, 9.17) is 0 Å². The Bertz CT molecular complexity index is 1240. The molecule has 3 heterocycles. The first-order valence-corrected chi connectivity index (χ1v) is 8.89. The lowest BCUT2D eigenvalue weighted by Gasteiger charge is -2.07. The molecule has 1 aliphatic rings. The van der Waals surface area contributed by atoms with E-state index in [1.807, 2.05) is 12.1 Å². The van der Waals surface area contributed by atoms with Gasteiger partial charge in [-0.1, -0.05) is 30.3 Å². The quantitative estimate of drug-likeness (QED) is 0.583. The Labute approximate surface area is 153 Å². The van der Waals surface area contributed by atoms with Gasteiger partial charge in [0.25, 0.3) is 5.56 Å². The summed E-state index contributed by atoms with van der Waals surface area (Å²) in [6.45, 7) is 0. The Morgan fingerprint density at radius 3 is 2.85 bits per heavy atom. The van der Waals surface area contributed by atoms with Gasteiger partial charge in [-0.15, -0.1) is 0 Å². The number of hydrogen-bond acceptors (Lipinski definition) is 4. The molecule has 4 aromatic rings. The Morgan fingerprint density at radius 2 is 2.04 bits per heavy atom. The lowest BCUT2D eigenvalue weighted by molar-refractivity contribution is 0.790. The summed E-state index contributed by atoms with van der Waals surface area (Å²) in [7, 11) is 0. The molecule has 0 unspecified atom stereocenters. The van der Waals surface area contributed by atoms with Crippen LogP contribution < -0.4 is 11.2 Å². The zero-order valence-corrected chi connectivity index (χ0v) is 14.4. The maximum atomic E-state index is 12.2. The van der Waals surface area contributed by atoms with Crippen molar-refractivity contribution >= 4 is 5.65 Å². The molecule has 2 N–H and O–H groups in total. The number of hydrogen-bond donors (Lipinski definition) is 2. The van der Waals surface area contributed by atoms with Crippen molar-refractivity contribution in [3.8, 4) is 11.3 Å². The molecule has 0 saturated heterocycles. The largest absolute Gasteiger partial charge is 0.325 e. The molecule has 0 aliphatic heterocycles. The SMILES string of the molecule is O=c1[nH]cc(-c2cc([C@@H]3C[C@H]3Cc3ccccc3)c3nccn3n2)c(=O)[nH]1. The highest BCUT2D eigenvalue weighted by Crippen LogP contribution is 2.50. The van der Waals surface area contributed by atoms with Crippen LogP contribution in [0.25, 0.3) is 16.9 Å². The average Bonchev–Trinajstić information content (AvgIpc) is 3.25. The molecule has 7 heteroatoms. The molecule has 0 bridgehead atoms. The van der Waals surface area contributed by atoms with Gasteiger partial charge in [0.2, 0.25) is 0 Å². The van der Waals surface area contributed by atoms with Crippen LogP contribution in [-0.4, -0.2) is 24.6 Å². The minimum absolute atomic E-state index is 0.340. The van der Waals surface area contributed by atoms with Gasteiger partial charge in [0, 0.05) is 24.2 Å². The molecule has 0 radical (unpaired) electrons.